The molecule has 2 aromatic rings. The first kappa shape index (κ1) is 13.4. The number of benzene rings is 1. The van der Waals surface area contributed by atoms with Crippen LogP contribution >= 0.6 is 11.6 Å². The van der Waals surface area contributed by atoms with Crippen molar-refractivity contribution in [1.82, 2.24) is 4.98 Å². The zero-order chi connectivity index (χ0) is 14.0. The van der Waals surface area contributed by atoms with Gasteiger partial charge in [0.2, 0.25) is 0 Å². The van der Waals surface area contributed by atoms with Crippen LogP contribution in [0.15, 0.2) is 36.4 Å². The summed E-state index contributed by atoms with van der Waals surface area (Å²) in [6, 6.07) is 10.7. The summed E-state index contributed by atoms with van der Waals surface area (Å²) in [5, 5.41) is 9.46. The van der Waals surface area contributed by atoms with Gasteiger partial charge in [0.1, 0.15) is 16.5 Å². The number of carboxylic acids is 1. The highest BCUT2D eigenvalue weighted by molar-refractivity contribution is 6.29. The Morgan fingerprint density at radius 1 is 1.32 bits per heavy atom. The maximum atomic E-state index is 11.2. The zero-order valence-corrected chi connectivity index (χ0v) is 11.3. The number of pyridine rings is 1. The first-order chi connectivity index (χ1) is 8.99. The number of nitrogens with zero attached hydrogens (tertiary/aromatic N) is 2. The van der Waals surface area contributed by atoms with Crippen LogP contribution in [0.3, 0.4) is 0 Å². The van der Waals surface area contributed by atoms with Gasteiger partial charge in [-0.05, 0) is 36.8 Å². The van der Waals surface area contributed by atoms with E-state index in [0.717, 1.165) is 11.3 Å². The third kappa shape index (κ3) is 2.85. The molecule has 0 atom stereocenters. The number of anilines is 2. The van der Waals surface area contributed by atoms with E-state index in [9.17, 15) is 9.90 Å². The largest absolute Gasteiger partial charge is 0.478 e. The Labute approximate surface area is 116 Å². The van der Waals surface area contributed by atoms with Crippen LogP contribution in [-0.2, 0) is 0 Å². The summed E-state index contributed by atoms with van der Waals surface area (Å²) in [5.41, 5.74) is 2.06. The van der Waals surface area contributed by atoms with Gasteiger partial charge in [0, 0.05) is 12.7 Å². The van der Waals surface area contributed by atoms with Gasteiger partial charge in [0.25, 0.3) is 0 Å². The molecule has 0 saturated carbocycles. The van der Waals surface area contributed by atoms with Crippen molar-refractivity contribution in [2.75, 3.05) is 11.9 Å². The summed E-state index contributed by atoms with van der Waals surface area (Å²) in [6.07, 6.45) is 0. The van der Waals surface area contributed by atoms with Crippen molar-refractivity contribution in [3.63, 3.8) is 0 Å². The minimum absolute atomic E-state index is 0.119. The topological polar surface area (TPSA) is 53.4 Å². The van der Waals surface area contributed by atoms with E-state index >= 15 is 0 Å². The van der Waals surface area contributed by atoms with Crippen LogP contribution in [0.4, 0.5) is 11.5 Å². The first-order valence-corrected chi connectivity index (χ1v) is 6.07. The van der Waals surface area contributed by atoms with E-state index in [1.165, 1.54) is 12.1 Å². The van der Waals surface area contributed by atoms with Crippen LogP contribution in [0.5, 0.6) is 0 Å². The Kier molecular flexibility index (Phi) is 3.71. The Balaban J connectivity index is 2.51. The molecule has 0 saturated heterocycles. The number of aromatic carboxylic acids is 1. The Bertz CT molecular complexity index is 629. The molecule has 1 heterocycles. The number of aryl methyl sites for hydroxylation is 1. The van der Waals surface area contributed by atoms with Crippen molar-refractivity contribution >= 4 is 29.1 Å². The normalized spacial score (nSPS) is 10.3. The molecule has 0 amide bonds. The summed E-state index contributed by atoms with van der Waals surface area (Å²) in [6.45, 7) is 1.97. The van der Waals surface area contributed by atoms with Gasteiger partial charge in [-0.2, -0.15) is 0 Å². The molecule has 19 heavy (non-hydrogen) atoms. The van der Waals surface area contributed by atoms with Crippen molar-refractivity contribution in [3.8, 4) is 0 Å². The number of carbonyl (C=O) groups is 1. The molecular formula is C14H13ClN2O2. The molecule has 0 aliphatic heterocycles. The Morgan fingerprint density at radius 2 is 2.05 bits per heavy atom. The highest BCUT2D eigenvalue weighted by atomic mass is 35.5. The number of rotatable bonds is 3. The number of carboxylic acid groups (broad SMARTS) is 1. The first-order valence-electron chi connectivity index (χ1n) is 5.69. The molecule has 98 valence electrons. The molecule has 0 spiro atoms. The lowest BCUT2D eigenvalue weighted by Gasteiger charge is -2.20. The van der Waals surface area contributed by atoms with E-state index in [0.29, 0.717) is 5.82 Å². The Hall–Kier alpha value is -2.07. The van der Waals surface area contributed by atoms with Crippen LogP contribution in [0.1, 0.15) is 15.9 Å². The molecule has 2 rings (SSSR count). The molecule has 0 unspecified atom stereocenters. The van der Waals surface area contributed by atoms with Crippen LogP contribution < -0.4 is 4.90 Å². The SMILES string of the molecule is Cc1cccc(N(C)c2nc(Cl)ccc2C(=O)O)c1. The molecule has 5 heteroatoms. The van der Waals surface area contributed by atoms with Crippen molar-refractivity contribution < 1.29 is 9.90 Å². The van der Waals surface area contributed by atoms with Crippen molar-refractivity contribution in [2.45, 2.75) is 6.92 Å². The lowest BCUT2D eigenvalue weighted by Crippen LogP contribution is -2.16. The predicted octanol–water partition coefficient (Wildman–Crippen LogP) is 3.51. The van der Waals surface area contributed by atoms with E-state index in [1.54, 1.807) is 11.9 Å². The van der Waals surface area contributed by atoms with Crippen LogP contribution in [-0.4, -0.2) is 23.1 Å². The second kappa shape index (κ2) is 5.28. The minimum atomic E-state index is -1.03. The van der Waals surface area contributed by atoms with Gasteiger partial charge in [0.15, 0.2) is 0 Å². The third-order valence-corrected chi connectivity index (χ3v) is 2.99. The quantitative estimate of drug-likeness (QED) is 0.872. The summed E-state index contributed by atoms with van der Waals surface area (Å²) >= 11 is 5.85. The minimum Gasteiger partial charge on any atom is -0.478 e. The highest BCUT2D eigenvalue weighted by Crippen LogP contribution is 2.27. The smallest absolute Gasteiger partial charge is 0.339 e. The van der Waals surface area contributed by atoms with E-state index in [-0.39, 0.29) is 10.7 Å². The number of halogens is 1. The number of hydrogen-bond donors (Lipinski definition) is 1. The number of hydrogen-bond acceptors (Lipinski definition) is 3. The van der Waals surface area contributed by atoms with Gasteiger partial charge >= 0.3 is 5.97 Å². The molecule has 1 aromatic carbocycles. The summed E-state index contributed by atoms with van der Waals surface area (Å²) in [5.74, 6) is -0.704. The van der Waals surface area contributed by atoms with Gasteiger partial charge in [-0.3, -0.25) is 0 Å². The van der Waals surface area contributed by atoms with Crippen molar-refractivity contribution in [3.05, 3.63) is 52.7 Å². The fraction of sp³-hybridized carbons (Fsp3) is 0.143. The van der Waals surface area contributed by atoms with E-state index < -0.39 is 5.97 Å². The molecule has 0 radical (unpaired) electrons. The van der Waals surface area contributed by atoms with Crippen molar-refractivity contribution in [2.24, 2.45) is 0 Å². The molecule has 0 aliphatic rings. The predicted molar refractivity (Wildman–Crippen MR) is 75.4 cm³/mol. The van der Waals surface area contributed by atoms with E-state index in [4.69, 9.17) is 11.6 Å². The van der Waals surface area contributed by atoms with Crippen molar-refractivity contribution in [1.29, 1.82) is 0 Å². The van der Waals surface area contributed by atoms with Gasteiger partial charge in [0.05, 0.1) is 0 Å². The van der Waals surface area contributed by atoms with Gasteiger partial charge in [-0.15, -0.1) is 0 Å². The highest BCUT2D eigenvalue weighted by Gasteiger charge is 2.16. The maximum absolute atomic E-state index is 11.2. The van der Waals surface area contributed by atoms with E-state index in [1.807, 2.05) is 31.2 Å². The fourth-order valence-corrected chi connectivity index (χ4v) is 1.95. The summed E-state index contributed by atoms with van der Waals surface area (Å²) in [4.78, 5) is 17.0. The van der Waals surface area contributed by atoms with Gasteiger partial charge in [-0.1, -0.05) is 23.7 Å². The lowest BCUT2D eigenvalue weighted by molar-refractivity contribution is 0.0697. The lowest BCUT2D eigenvalue weighted by atomic mass is 10.2. The number of aromatic nitrogens is 1. The van der Waals surface area contributed by atoms with Crippen LogP contribution in [0.25, 0.3) is 0 Å². The zero-order valence-electron chi connectivity index (χ0n) is 10.6. The summed E-state index contributed by atoms with van der Waals surface area (Å²) < 4.78 is 0. The molecule has 1 N–H and O–H groups in total. The van der Waals surface area contributed by atoms with Gasteiger partial charge in [-0.25, -0.2) is 9.78 Å². The molecular weight excluding hydrogens is 264 g/mol. The monoisotopic (exact) mass is 276 g/mol. The van der Waals surface area contributed by atoms with E-state index in [2.05, 4.69) is 4.98 Å². The molecule has 0 bridgehead atoms. The molecule has 1 aromatic heterocycles. The summed E-state index contributed by atoms with van der Waals surface area (Å²) in [7, 11) is 1.76. The van der Waals surface area contributed by atoms with Crippen LogP contribution in [0, 0.1) is 6.92 Å². The molecule has 0 aliphatic carbocycles. The standard InChI is InChI=1S/C14H13ClN2O2/c1-9-4-3-5-10(8-9)17(2)13-11(14(18)19)6-7-12(15)16-13/h3-8H,1-2H3,(H,18,19). The Morgan fingerprint density at radius 3 is 2.68 bits per heavy atom. The molecule has 4 nitrogen and oxygen atoms in total. The van der Waals surface area contributed by atoms with Gasteiger partial charge < -0.3 is 10.0 Å². The third-order valence-electron chi connectivity index (χ3n) is 2.78. The average molecular weight is 277 g/mol. The van der Waals surface area contributed by atoms with Crippen LogP contribution in [0.2, 0.25) is 5.15 Å². The second-order valence-electron chi connectivity index (χ2n) is 4.21. The second-order valence-corrected chi connectivity index (χ2v) is 4.60. The average Bonchev–Trinajstić information content (AvgIpc) is 2.37. The molecule has 0 fully saturated rings. The maximum Gasteiger partial charge on any atom is 0.339 e. The fourth-order valence-electron chi connectivity index (χ4n) is 1.81.